The van der Waals surface area contributed by atoms with Crippen LogP contribution in [0.15, 0.2) is 61.2 Å². The summed E-state index contributed by atoms with van der Waals surface area (Å²) in [6.45, 7) is 8.45. The van der Waals surface area contributed by atoms with Crippen LogP contribution in [0, 0.1) is 5.41 Å². The van der Waals surface area contributed by atoms with Crippen molar-refractivity contribution < 1.29 is 4.79 Å². The molecule has 0 aliphatic carbocycles. The molecule has 5 heteroatoms. The second kappa shape index (κ2) is 9.55. The largest absolute Gasteiger partial charge is 0.330 e. The van der Waals surface area contributed by atoms with Crippen molar-refractivity contribution in [3.63, 3.8) is 0 Å². The Morgan fingerprint density at radius 3 is 2.47 bits per heavy atom. The number of piperidine rings is 1. The molecule has 0 unspecified atom stereocenters. The minimum atomic E-state index is -0.541. The van der Waals surface area contributed by atoms with Crippen molar-refractivity contribution in [2.75, 3.05) is 6.54 Å². The van der Waals surface area contributed by atoms with Crippen molar-refractivity contribution in [1.82, 2.24) is 4.90 Å². The van der Waals surface area contributed by atoms with Crippen LogP contribution in [0.3, 0.4) is 0 Å². The molecular formula is C25H30Cl2N2O. The van der Waals surface area contributed by atoms with E-state index in [-0.39, 0.29) is 23.9 Å². The van der Waals surface area contributed by atoms with Gasteiger partial charge in [0, 0.05) is 28.5 Å². The summed E-state index contributed by atoms with van der Waals surface area (Å²) in [6, 6.07) is 15.6. The Bertz CT molecular complexity index is 894. The number of nitrogens with two attached hydrogens (primary N) is 1. The summed E-state index contributed by atoms with van der Waals surface area (Å²) in [7, 11) is 0. The van der Waals surface area contributed by atoms with E-state index in [9.17, 15) is 4.79 Å². The van der Waals surface area contributed by atoms with Gasteiger partial charge in [-0.1, -0.05) is 67.4 Å². The first-order valence-electron chi connectivity index (χ1n) is 10.5. The summed E-state index contributed by atoms with van der Waals surface area (Å²) in [5, 5.41) is 1.37. The minimum Gasteiger partial charge on any atom is -0.330 e. The SMILES string of the molecule is C=CC[C@@]1(C)C[C@H](c2cccc(Cl)c2)[C@@H](c2ccc(Cl)cc2)N([C@@H](CC)CN)C1=O. The Labute approximate surface area is 189 Å². The second-order valence-corrected chi connectivity index (χ2v) is 9.30. The number of carbonyl (C=O) groups excluding carboxylic acids is 1. The first-order chi connectivity index (χ1) is 14.3. The van der Waals surface area contributed by atoms with Gasteiger partial charge in [-0.05, 0) is 54.7 Å². The third-order valence-corrected chi connectivity index (χ3v) is 6.81. The van der Waals surface area contributed by atoms with Crippen molar-refractivity contribution in [2.24, 2.45) is 11.1 Å². The van der Waals surface area contributed by atoms with E-state index >= 15 is 0 Å². The molecule has 2 aromatic rings. The zero-order valence-corrected chi connectivity index (χ0v) is 19.2. The monoisotopic (exact) mass is 444 g/mol. The number of hydrogen-bond acceptors (Lipinski definition) is 2. The number of rotatable bonds is 7. The minimum absolute atomic E-state index is 0.0516. The highest BCUT2D eigenvalue weighted by molar-refractivity contribution is 6.30. The molecule has 0 bridgehead atoms. The Hall–Kier alpha value is -1.81. The van der Waals surface area contributed by atoms with Crippen LogP contribution < -0.4 is 5.73 Å². The molecule has 1 fully saturated rings. The number of halogens is 2. The first kappa shape index (κ1) is 22.9. The lowest BCUT2D eigenvalue weighted by atomic mass is 9.67. The van der Waals surface area contributed by atoms with E-state index in [2.05, 4.69) is 19.6 Å². The second-order valence-electron chi connectivity index (χ2n) is 8.43. The predicted octanol–water partition coefficient (Wildman–Crippen LogP) is 6.37. The van der Waals surface area contributed by atoms with Crippen molar-refractivity contribution in [1.29, 1.82) is 0 Å². The topological polar surface area (TPSA) is 46.3 Å². The molecule has 0 spiro atoms. The number of likely N-dealkylation sites (tertiary alicyclic amines) is 1. The maximum atomic E-state index is 13.9. The Balaban J connectivity index is 2.22. The molecule has 2 N–H and O–H groups in total. The molecule has 1 heterocycles. The van der Waals surface area contributed by atoms with E-state index in [1.54, 1.807) is 0 Å². The van der Waals surface area contributed by atoms with Crippen molar-refractivity contribution in [2.45, 2.75) is 51.1 Å². The third-order valence-electron chi connectivity index (χ3n) is 6.32. The summed E-state index contributed by atoms with van der Waals surface area (Å²) in [5.74, 6) is 0.214. The standard InChI is InChI=1S/C25H30Cl2N2O/c1-4-13-25(3)15-22(18-7-6-8-20(27)14-18)23(17-9-11-19(26)12-10-17)29(24(25)30)21(5-2)16-28/h4,6-12,14,21-23H,1,5,13,15-16,28H2,2-3H3/t21-,22+,23+,25-/m0/s1. The maximum Gasteiger partial charge on any atom is 0.229 e. The van der Waals surface area contributed by atoms with Crippen LogP contribution in [0.5, 0.6) is 0 Å². The van der Waals surface area contributed by atoms with E-state index in [1.165, 1.54) is 0 Å². The molecule has 30 heavy (non-hydrogen) atoms. The van der Waals surface area contributed by atoms with E-state index in [0.29, 0.717) is 29.4 Å². The number of hydrogen-bond donors (Lipinski definition) is 1. The summed E-state index contributed by atoms with van der Waals surface area (Å²) >= 11 is 12.5. The van der Waals surface area contributed by atoms with Gasteiger partial charge in [0.1, 0.15) is 0 Å². The van der Waals surface area contributed by atoms with Gasteiger partial charge >= 0.3 is 0 Å². The van der Waals surface area contributed by atoms with Gasteiger partial charge in [0.2, 0.25) is 5.91 Å². The molecule has 3 rings (SSSR count). The lowest BCUT2D eigenvalue weighted by Crippen LogP contribution is -2.57. The fraction of sp³-hybridized carbons (Fsp3) is 0.400. The lowest BCUT2D eigenvalue weighted by Gasteiger charge is -2.52. The number of benzene rings is 2. The molecular weight excluding hydrogens is 415 g/mol. The molecule has 4 atom stereocenters. The number of carbonyl (C=O) groups is 1. The Morgan fingerprint density at radius 2 is 1.90 bits per heavy atom. The zero-order chi connectivity index (χ0) is 21.9. The Morgan fingerprint density at radius 1 is 1.20 bits per heavy atom. The van der Waals surface area contributed by atoms with Crippen LogP contribution >= 0.6 is 23.2 Å². The fourth-order valence-corrected chi connectivity index (χ4v) is 5.09. The quantitative estimate of drug-likeness (QED) is 0.504. The summed E-state index contributed by atoms with van der Waals surface area (Å²) in [4.78, 5) is 15.9. The molecule has 1 aliphatic rings. The van der Waals surface area contributed by atoms with Crippen LogP contribution in [0.4, 0.5) is 0 Å². The van der Waals surface area contributed by atoms with Gasteiger partial charge in [0.05, 0.1) is 11.5 Å². The molecule has 1 amide bonds. The number of nitrogens with zero attached hydrogens (tertiary/aromatic N) is 1. The molecule has 1 saturated heterocycles. The highest BCUT2D eigenvalue weighted by Crippen LogP contribution is 2.52. The summed E-state index contributed by atoms with van der Waals surface area (Å²) < 4.78 is 0. The number of allylic oxidation sites excluding steroid dienone is 1. The van der Waals surface area contributed by atoms with E-state index in [0.717, 1.165) is 17.5 Å². The molecule has 3 nitrogen and oxygen atoms in total. The average Bonchev–Trinajstić information content (AvgIpc) is 2.73. The summed E-state index contributed by atoms with van der Waals surface area (Å²) in [6.07, 6.45) is 3.96. The molecule has 0 aromatic heterocycles. The smallest absolute Gasteiger partial charge is 0.229 e. The van der Waals surface area contributed by atoms with Gasteiger partial charge in [0.15, 0.2) is 0 Å². The molecule has 0 radical (unpaired) electrons. The van der Waals surface area contributed by atoms with Gasteiger partial charge in [-0.15, -0.1) is 6.58 Å². The maximum absolute atomic E-state index is 13.9. The molecule has 0 saturated carbocycles. The number of amides is 1. The first-order valence-corrected chi connectivity index (χ1v) is 11.2. The molecule has 160 valence electrons. The van der Waals surface area contributed by atoms with Crippen LogP contribution in [-0.2, 0) is 4.79 Å². The Kier molecular flexibility index (Phi) is 7.28. The summed E-state index contributed by atoms with van der Waals surface area (Å²) in [5.41, 5.74) is 7.80. The highest BCUT2D eigenvalue weighted by atomic mass is 35.5. The fourth-order valence-electron chi connectivity index (χ4n) is 4.77. The van der Waals surface area contributed by atoms with E-state index in [4.69, 9.17) is 28.9 Å². The molecule has 1 aliphatic heterocycles. The van der Waals surface area contributed by atoms with Crippen molar-refractivity contribution >= 4 is 29.1 Å². The van der Waals surface area contributed by atoms with Crippen molar-refractivity contribution in [3.05, 3.63) is 82.4 Å². The van der Waals surface area contributed by atoms with Crippen LogP contribution in [0.25, 0.3) is 0 Å². The van der Waals surface area contributed by atoms with E-state index < -0.39 is 5.41 Å². The predicted molar refractivity (Wildman–Crippen MR) is 126 cm³/mol. The average molecular weight is 445 g/mol. The van der Waals surface area contributed by atoms with Crippen LogP contribution in [0.1, 0.15) is 56.2 Å². The van der Waals surface area contributed by atoms with Crippen LogP contribution in [-0.4, -0.2) is 23.4 Å². The van der Waals surface area contributed by atoms with Gasteiger partial charge in [0.25, 0.3) is 0 Å². The molecule has 2 aromatic carbocycles. The van der Waals surface area contributed by atoms with Crippen molar-refractivity contribution in [3.8, 4) is 0 Å². The van der Waals surface area contributed by atoms with Crippen LogP contribution in [0.2, 0.25) is 10.0 Å². The van der Waals surface area contributed by atoms with E-state index in [1.807, 2.05) is 60.4 Å². The van der Waals surface area contributed by atoms with Gasteiger partial charge < -0.3 is 10.6 Å². The highest BCUT2D eigenvalue weighted by Gasteiger charge is 2.50. The lowest BCUT2D eigenvalue weighted by molar-refractivity contribution is -0.154. The van der Waals surface area contributed by atoms with Gasteiger partial charge in [-0.2, -0.15) is 0 Å². The normalized spacial score (nSPS) is 25.2. The van der Waals surface area contributed by atoms with Gasteiger partial charge in [-0.25, -0.2) is 0 Å². The zero-order valence-electron chi connectivity index (χ0n) is 17.7. The third kappa shape index (κ3) is 4.44. The van der Waals surface area contributed by atoms with Gasteiger partial charge in [-0.3, -0.25) is 4.79 Å².